The van der Waals surface area contributed by atoms with Gasteiger partial charge in [-0.05, 0) is 60.1 Å². The van der Waals surface area contributed by atoms with E-state index in [0.29, 0.717) is 6.04 Å². The molecule has 1 fully saturated rings. The Morgan fingerprint density at radius 3 is 2.47 bits per heavy atom. The Morgan fingerprint density at radius 2 is 1.80 bits per heavy atom. The molecule has 0 saturated heterocycles. The summed E-state index contributed by atoms with van der Waals surface area (Å²) in [6.07, 6.45) is 8.65. The van der Waals surface area contributed by atoms with Gasteiger partial charge in [0.25, 0.3) is 5.91 Å². The Kier molecular flexibility index (Phi) is 4.93. The molecule has 1 aliphatic heterocycles. The van der Waals surface area contributed by atoms with E-state index in [-0.39, 0.29) is 5.91 Å². The van der Waals surface area contributed by atoms with E-state index in [9.17, 15) is 4.79 Å². The molecule has 2 heterocycles. The summed E-state index contributed by atoms with van der Waals surface area (Å²) >= 11 is 0. The van der Waals surface area contributed by atoms with Crippen molar-refractivity contribution in [3.63, 3.8) is 0 Å². The number of hydrogen-bond donors (Lipinski definition) is 0. The zero-order valence-corrected chi connectivity index (χ0v) is 17.9. The van der Waals surface area contributed by atoms with Crippen molar-refractivity contribution < 1.29 is 4.79 Å². The van der Waals surface area contributed by atoms with E-state index in [1.165, 1.54) is 35.1 Å². The normalized spacial score (nSPS) is 16.5. The molecule has 0 bridgehead atoms. The van der Waals surface area contributed by atoms with E-state index in [1.807, 2.05) is 24.0 Å². The van der Waals surface area contributed by atoms with Crippen LogP contribution in [0.2, 0.25) is 0 Å². The first-order valence-corrected chi connectivity index (χ1v) is 11.2. The van der Waals surface area contributed by atoms with Crippen LogP contribution in [0.15, 0.2) is 48.7 Å². The first kappa shape index (κ1) is 19.1. The van der Waals surface area contributed by atoms with E-state index < -0.39 is 0 Å². The van der Waals surface area contributed by atoms with Gasteiger partial charge in [-0.1, -0.05) is 50.1 Å². The fraction of sp³-hybridized carbons (Fsp3) is 0.385. The number of nitrogens with zero attached hydrogens (tertiary/aromatic N) is 3. The van der Waals surface area contributed by atoms with Gasteiger partial charge in [0.05, 0.1) is 5.69 Å². The molecule has 1 aliphatic carbocycles. The molecule has 3 aromatic rings. The van der Waals surface area contributed by atoms with Gasteiger partial charge >= 0.3 is 0 Å². The Bertz CT molecular complexity index is 1070. The van der Waals surface area contributed by atoms with Crippen LogP contribution in [0, 0.1) is 0 Å². The van der Waals surface area contributed by atoms with Gasteiger partial charge in [-0.25, -0.2) is 0 Å². The van der Waals surface area contributed by atoms with Gasteiger partial charge in [-0.15, -0.1) is 0 Å². The maximum atomic E-state index is 13.1. The fourth-order valence-corrected chi connectivity index (χ4v) is 5.07. The minimum atomic E-state index is 0.242. The Balaban J connectivity index is 1.39. The summed E-state index contributed by atoms with van der Waals surface area (Å²) in [5.74, 6) is 0.242. The monoisotopic (exact) mass is 399 g/mol. The summed E-state index contributed by atoms with van der Waals surface area (Å²) in [5, 5.41) is 4.48. The standard InChI is InChI=1S/C26H29N3O/c1-3-19-15-22-17-29(23-6-4-5-7-23)26(30)24(22)16-21(19)14-18-8-10-20(11-9-18)25-12-13-28(2)27-25/h8-13,15-16,23H,3-7,14,17H2,1-2H3. The highest BCUT2D eigenvalue weighted by Gasteiger charge is 2.34. The number of carbonyl (C=O) groups is 1. The number of carbonyl (C=O) groups excluding carboxylic acids is 1. The zero-order valence-electron chi connectivity index (χ0n) is 17.9. The predicted octanol–water partition coefficient (Wildman–Crippen LogP) is 5.14. The first-order valence-electron chi connectivity index (χ1n) is 11.2. The molecule has 4 heteroatoms. The number of amides is 1. The topological polar surface area (TPSA) is 38.1 Å². The van der Waals surface area contributed by atoms with E-state index in [1.54, 1.807) is 0 Å². The number of fused-ring (bicyclic) bond motifs is 1. The second-order valence-corrected chi connectivity index (χ2v) is 8.75. The van der Waals surface area contributed by atoms with Crippen molar-refractivity contribution >= 4 is 5.91 Å². The van der Waals surface area contributed by atoms with Crippen LogP contribution in [0.4, 0.5) is 0 Å². The number of aryl methyl sites for hydroxylation is 2. The number of aromatic nitrogens is 2. The number of hydrogen-bond acceptors (Lipinski definition) is 2. The third kappa shape index (κ3) is 3.45. The lowest BCUT2D eigenvalue weighted by atomic mass is 9.93. The molecule has 1 amide bonds. The fourth-order valence-electron chi connectivity index (χ4n) is 5.07. The van der Waals surface area contributed by atoms with Crippen molar-refractivity contribution in [1.82, 2.24) is 14.7 Å². The van der Waals surface area contributed by atoms with Crippen molar-refractivity contribution in [3.8, 4) is 11.3 Å². The first-order chi connectivity index (χ1) is 14.6. The minimum Gasteiger partial charge on any atom is -0.331 e. The van der Waals surface area contributed by atoms with E-state index in [0.717, 1.165) is 49.0 Å². The SMILES string of the molecule is CCc1cc2c(cc1Cc1ccc(-c3ccn(C)n3)cc1)C(=O)N(C1CCCC1)C2. The van der Waals surface area contributed by atoms with Crippen LogP contribution in [0.1, 0.15) is 65.2 Å². The quantitative estimate of drug-likeness (QED) is 0.596. The van der Waals surface area contributed by atoms with E-state index in [2.05, 4.69) is 53.3 Å². The molecule has 5 rings (SSSR count). The molecular formula is C26H29N3O. The molecule has 4 nitrogen and oxygen atoms in total. The number of rotatable bonds is 5. The molecule has 0 unspecified atom stereocenters. The zero-order chi connectivity index (χ0) is 20.7. The smallest absolute Gasteiger partial charge is 0.254 e. The van der Waals surface area contributed by atoms with E-state index in [4.69, 9.17) is 0 Å². The molecule has 0 spiro atoms. The second kappa shape index (κ2) is 7.75. The summed E-state index contributed by atoms with van der Waals surface area (Å²) in [5.41, 5.74) is 8.19. The maximum absolute atomic E-state index is 13.1. The molecule has 0 N–H and O–H groups in total. The van der Waals surface area contributed by atoms with Crippen LogP contribution in [0.5, 0.6) is 0 Å². The molecule has 2 aliphatic rings. The van der Waals surface area contributed by atoms with Gasteiger partial charge in [0, 0.05) is 37.0 Å². The van der Waals surface area contributed by atoms with Crippen LogP contribution in [0.3, 0.4) is 0 Å². The molecule has 154 valence electrons. The summed E-state index contributed by atoms with van der Waals surface area (Å²) in [6.45, 7) is 3.01. The highest BCUT2D eigenvalue weighted by Crippen LogP contribution is 2.34. The highest BCUT2D eigenvalue weighted by atomic mass is 16.2. The largest absolute Gasteiger partial charge is 0.331 e. The van der Waals surface area contributed by atoms with Gasteiger partial charge in [-0.2, -0.15) is 5.10 Å². The van der Waals surface area contributed by atoms with Crippen molar-refractivity contribution in [1.29, 1.82) is 0 Å². The maximum Gasteiger partial charge on any atom is 0.254 e. The summed E-state index contributed by atoms with van der Waals surface area (Å²) in [4.78, 5) is 15.2. The van der Waals surface area contributed by atoms with Crippen LogP contribution in [-0.4, -0.2) is 26.6 Å². The van der Waals surface area contributed by atoms with Crippen molar-refractivity contribution in [3.05, 3.63) is 76.5 Å². The molecule has 30 heavy (non-hydrogen) atoms. The van der Waals surface area contributed by atoms with E-state index >= 15 is 0 Å². The van der Waals surface area contributed by atoms with Crippen LogP contribution >= 0.6 is 0 Å². The van der Waals surface area contributed by atoms with Crippen LogP contribution in [0.25, 0.3) is 11.3 Å². The Hall–Kier alpha value is -2.88. The van der Waals surface area contributed by atoms with Crippen LogP contribution in [-0.2, 0) is 26.4 Å². The van der Waals surface area contributed by atoms with Gasteiger partial charge in [0.1, 0.15) is 0 Å². The Labute approximate surface area is 178 Å². The lowest BCUT2D eigenvalue weighted by Crippen LogP contribution is -2.33. The van der Waals surface area contributed by atoms with Gasteiger partial charge in [0.2, 0.25) is 0 Å². The molecule has 1 aromatic heterocycles. The lowest BCUT2D eigenvalue weighted by molar-refractivity contribution is 0.0707. The van der Waals surface area contributed by atoms with Crippen molar-refractivity contribution in [2.24, 2.45) is 7.05 Å². The molecular weight excluding hydrogens is 370 g/mol. The highest BCUT2D eigenvalue weighted by molar-refractivity contribution is 5.99. The lowest BCUT2D eigenvalue weighted by Gasteiger charge is -2.23. The summed E-state index contributed by atoms with van der Waals surface area (Å²) < 4.78 is 1.83. The molecule has 1 saturated carbocycles. The van der Waals surface area contributed by atoms with Gasteiger partial charge in [0.15, 0.2) is 0 Å². The van der Waals surface area contributed by atoms with Gasteiger partial charge in [-0.3, -0.25) is 9.48 Å². The van der Waals surface area contributed by atoms with Crippen molar-refractivity contribution in [2.75, 3.05) is 0 Å². The molecule has 2 aromatic carbocycles. The molecule has 0 atom stereocenters. The third-order valence-corrected chi connectivity index (χ3v) is 6.76. The average molecular weight is 400 g/mol. The average Bonchev–Trinajstić information content (AvgIpc) is 3.49. The van der Waals surface area contributed by atoms with Crippen LogP contribution < -0.4 is 0 Å². The van der Waals surface area contributed by atoms with Crippen molar-refractivity contribution in [2.45, 2.75) is 58.0 Å². The minimum absolute atomic E-state index is 0.242. The predicted molar refractivity (Wildman–Crippen MR) is 119 cm³/mol. The molecule has 0 radical (unpaired) electrons. The summed E-state index contributed by atoms with van der Waals surface area (Å²) in [6, 6.07) is 15.6. The summed E-state index contributed by atoms with van der Waals surface area (Å²) in [7, 11) is 1.94. The number of benzene rings is 2. The second-order valence-electron chi connectivity index (χ2n) is 8.75. The van der Waals surface area contributed by atoms with Gasteiger partial charge < -0.3 is 4.90 Å². The Morgan fingerprint density at radius 1 is 1.03 bits per heavy atom. The third-order valence-electron chi connectivity index (χ3n) is 6.76.